The van der Waals surface area contributed by atoms with Gasteiger partial charge < -0.3 is 9.32 Å². The van der Waals surface area contributed by atoms with E-state index >= 15 is 0 Å². The van der Waals surface area contributed by atoms with Crippen molar-refractivity contribution in [3.8, 4) is 33.4 Å². The number of hydrogen-bond donors (Lipinski definition) is 0. The Hall–Kier alpha value is -6.90. The molecule has 0 N–H and O–H groups in total. The molecule has 0 radical (unpaired) electrons. The largest absolute Gasteiger partial charge is 0.456 e. The first kappa shape index (κ1) is 30.0. The smallest absolute Gasteiger partial charge is 0.136 e. The molecule has 0 saturated carbocycles. The van der Waals surface area contributed by atoms with Crippen molar-refractivity contribution in [3.63, 3.8) is 0 Å². The molecule has 0 aliphatic heterocycles. The number of furan rings is 1. The molecule has 0 unspecified atom stereocenters. The van der Waals surface area contributed by atoms with Crippen molar-refractivity contribution < 1.29 is 4.42 Å². The molecule has 1 aromatic heterocycles. The van der Waals surface area contributed by atoms with E-state index in [-0.39, 0.29) is 0 Å². The van der Waals surface area contributed by atoms with Crippen LogP contribution in [0.15, 0.2) is 205 Å². The molecule has 0 atom stereocenters. The van der Waals surface area contributed by atoms with E-state index in [1.165, 1.54) is 49.2 Å². The zero-order chi connectivity index (χ0) is 34.4. The van der Waals surface area contributed by atoms with E-state index in [4.69, 9.17) is 4.42 Å². The maximum atomic E-state index is 6.42. The van der Waals surface area contributed by atoms with E-state index < -0.39 is 0 Å². The summed E-state index contributed by atoms with van der Waals surface area (Å²) < 4.78 is 6.42. The molecule has 10 rings (SSSR count). The Morgan fingerprint density at radius 3 is 1.69 bits per heavy atom. The Bertz CT molecular complexity index is 2890. The zero-order valence-corrected chi connectivity index (χ0v) is 28.4. The molecule has 52 heavy (non-hydrogen) atoms. The molecule has 0 amide bonds. The van der Waals surface area contributed by atoms with Crippen molar-refractivity contribution in [1.82, 2.24) is 0 Å². The van der Waals surface area contributed by atoms with Crippen molar-refractivity contribution in [2.75, 3.05) is 4.90 Å². The van der Waals surface area contributed by atoms with Crippen molar-refractivity contribution in [1.29, 1.82) is 0 Å². The summed E-state index contributed by atoms with van der Waals surface area (Å²) in [4.78, 5) is 2.38. The summed E-state index contributed by atoms with van der Waals surface area (Å²) >= 11 is 0. The Balaban J connectivity index is 1.12. The fourth-order valence-electron chi connectivity index (χ4n) is 7.75. The van der Waals surface area contributed by atoms with Gasteiger partial charge in [-0.1, -0.05) is 152 Å². The highest BCUT2D eigenvalue weighted by Crippen LogP contribution is 2.44. The van der Waals surface area contributed by atoms with Crippen LogP contribution in [-0.4, -0.2) is 0 Å². The van der Waals surface area contributed by atoms with Gasteiger partial charge in [0.05, 0.1) is 5.69 Å². The number of hydrogen-bond acceptors (Lipinski definition) is 2. The fraction of sp³-hybridized carbons (Fsp3) is 0. The van der Waals surface area contributed by atoms with Crippen LogP contribution in [0, 0.1) is 0 Å². The molecule has 2 heteroatoms. The van der Waals surface area contributed by atoms with E-state index in [1.807, 2.05) is 6.07 Å². The highest BCUT2D eigenvalue weighted by molar-refractivity contribution is 6.22. The lowest BCUT2D eigenvalue weighted by Crippen LogP contribution is -2.11. The van der Waals surface area contributed by atoms with Crippen LogP contribution < -0.4 is 4.90 Å². The molecule has 1 heterocycles. The highest BCUT2D eigenvalue weighted by Gasteiger charge is 2.19. The van der Waals surface area contributed by atoms with Crippen LogP contribution in [0.5, 0.6) is 0 Å². The predicted octanol–water partition coefficient (Wildman–Crippen LogP) is 14.4. The summed E-state index contributed by atoms with van der Waals surface area (Å²) in [6.07, 6.45) is 0. The second-order valence-corrected chi connectivity index (χ2v) is 13.3. The third-order valence-electron chi connectivity index (χ3n) is 10.3. The SMILES string of the molecule is c1ccc(-c2ccc(N(c3ccc(-c4cc5oc6ccccc6c5c5ccccc45)cc3)c3ccccc3-c3ccc4ccccc4c3)cc2)cc1. The fourth-order valence-corrected chi connectivity index (χ4v) is 7.75. The van der Waals surface area contributed by atoms with Gasteiger partial charge >= 0.3 is 0 Å². The topological polar surface area (TPSA) is 16.4 Å². The van der Waals surface area contributed by atoms with Gasteiger partial charge in [0.2, 0.25) is 0 Å². The van der Waals surface area contributed by atoms with E-state index in [9.17, 15) is 0 Å². The van der Waals surface area contributed by atoms with Crippen LogP contribution in [0.4, 0.5) is 17.1 Å². The number of benzene rings is 9. The molecule has 10 aromatic rings. The highest BCUT2D eigenvalue weighted by atomic mass is 16.3. The molecule has 2 nitrogen and oxygen atoms in total. The van der Waals surface area contributed by atoms with E-state index in [2.05, 4.69) is 199 Å². The lowest BCUT2D eigenvalue weighted by molar-refractivity contribution is 0.669. The first-order valence-electron chi connectivity index (χ1n) is 17.8. The average Bonchev–Trinajstić information content (AvgIpc) is 3.60. The summed E-state index contributed by atoms with van der Waals surface area (Å²) in [5.41, 5.74) is 12.2. The predicted molar refractivity (Wildman–Crippen MR) is 220 cm³/mol. The van der Waals surface area contributed by atoms with Gasteiger partial charge in [-0.05, 0) is 97.9 Å². The van der Waals surface area contributed by atoms with Crippen LogP contribution in [0.2, 0.25) is 0 Å². The molecule has 0 spiro atoms. The van der Waals surface area contributed by atoms with Gasteiger partial charge in [0.1, 0.15) is 11.2 Å². The molecular weight excluding hydrogens is 631 g/mol. The van der Waals surface area contributed by atoms with Gasteiger partial charge in [-0.15, -0.1) is 0 Å². The number of fused-ring (bicyclic) bond motifs is 6. The molecular formula is C50H33NO. The summed E-state index contributed by atoms with van der Waals surface area (Å²) in [5, 5.41) is 7.20. The van der Waals surface area contributed by atoms with Crippen LogP contribution in [0.1, 0.15) is 0 Å². The molecule has 0 aliphatic rings. The van der Waals surface area contributed by atoms with Gasteiger partial charge in [-0.2, -0.15) is 0 Å². The summed E-state index contributed by atoms with van der Waals surface area (Å²) in [7, 11) is 0. The van der Waals surface area contributed by atoms with E-state index in [0.29, 0.717) is 0 Å². The average molecular weight is 664 g/mol. The Morgan fingerprint density at radius 1 is 0.327 bits per heavy atom. The first-order chi connectivity index (χ1) is 25.8. The minimum absolute atomic E-state index is 0.906. The van der Waals surface area contributed by atoms with Crippen molar-refractivity contribution >= 4 is 60.5 Å². The van der Waals surface area contributed by atoms with Gasteiger partial charge in [0.15, 0.2) is 0 Å². The quantitative estimate of drug-likeness (QED) is 0.176. The van der Waals surface area contributed by atoms with Crippen LogP contribution in [0.25, 0.3) is 76.9 Å². The maximum Gasteiger partial charge on any atom is 0.136 e. The lowest BCUT2D eigenvalue weighted by Gasteiger charge is -2.28. The third kappa shape index (κ3) is 5.12. The van der Waals surface area contributed by atoms with Crippen molar-refractivity contribution in [2.45, 2.75) is 0 Å². The zero-order valence-electron chi connectivity index (χ0n) is 28.4. The normalized spacial score (nSPS) is 11.5. The number of anilines is 3. The molecule has 9 aromatic carbocycles. The Kier molecular flexibility index (Phi) is 7.18. The molecule has 0 saturated heterocycles. The lowest BCUT2D eigenvalue weighted by atomic mass is 9.94. The molecule has 0 aliphatic carbocycles. The molecule has 244 valence electrons. The van der Waals surface area contributed by atoms with Crippen LogP contribution >= 0.6 is 0 Å². The van der Waals surface area contributed by atoms with Gasteiger partial charge in [0.25, 0.3) is 0 Å². The van der Waals surface area contributed by atoms with Crippen molar-refractivity contribution in [2.24, 2.45) is 0 Å². The minimum atomic E-state index is 0.906. The molecule has 0 bridgehead atoms. The number of nitrogens with zero attached hydrogens (tertiary/aromatic N) is 1. The summed E-state index contributed by atoms with van der Waals surface area (Å²) in [6.45, 7) is 0. The maximum absolute atomic E-state index is 6.42. The van der Waals surface area contributed by atoms with Crippen LogP contribution in [0.3, 0.4) is 0 Å². The van der Waals surface area contributed by atoms with Gasteiger partial charge in [0, 0.05) is 27.7 Å². The second-order valence-electron chi connectivity index (χ2n) is 13.3. The van der Waals surface area contributed by atoms with Crippen LogP contribution in [-0.2, 0) is 0 Å². The van der Waals surface area contributed by atoms with Gasteiger partial charge in [-0.25, -0.2) is 0 Å². The monoisotopic (exact) mass is 663 g/mol. The summed E-state index contributed by atoms with van der Waals surface area (Å²) in [6, 6.07) is 71.7. The standard InChI is InChI=1S/C50H33NO/c1-2-12-34(13-3-1)36-24-28-40(29-25-36)51(47-20-10-8-16-42(47)39-23-22-35-14-4-5-15-38(35)32-39)41-30-26-37(27-31-41)46-33-49-50(44-18-7-6-17-43(44)46)45-19-9-11-21-48(45)52-49/h1-33H. The molecule has 0 fully saturated rings. The van der Waals surface area contributed by atoms with Gasteiger partial charge in [-0.3, -0.25) is 0 Å². The number of para-hydroxylation sites is 2. The Labute approximate surface area is 302 Å². The van der Waals surface area contributed by atoms with E-state index in [1.54, 1.807) is 0 Å². The number of rotatable bonds is 6. The second kappa shape index (κ2) is 12.5. The Morgan fingerprint density at radius 2 is 0.904 bits per heavy atom. The summed E-state index contributed by atoms with van der Waals surface area (Å²) in [5.74, 6) is 0. The first-order valence-corrected chi connectivity index (χ1v) is 17.8. The minimum Gasteiger partial charge on any atom is -0.456 e. The van der Waals surface area contributed by atoms with Crippen molar-refractivity contribution in [3.05, 3.63) is 200 Å². The van der Waals surface area contributed by atoms with E-state index in [0.717, 1.165) is 44.7 Å². The third-order valence-corrected chi connectivity index (χ3v) is 10.3.